The van der Waals surface area contributed by atoms with E-state index in [0.29, 0.717) is 24.7 Å². The molecule has 29 heavy (non-hydrogen) atoms. The van der Waals surface area contributed by atoms with Gasteiger partial charge in [-0.3, -0.25) is 0 Å². The summed E-state index contributed by atoms with van der Waals surface area (Å²) in [6.07, 6.45) is 3.54. The maximum atomic E-state index is 8.88. The van der Waals surface area contributed by atoms with Crippen molar-refractivity contribution in [3.8, 4) is 6.07 Å². The van der Waals surface area contributed by atoms with Crippen molar-refractivity contribution in [1.29, 1.82) is 5.26 Å². The monoisotopic (exact) mass is 431 g/mol. The Labute approximate surface area is 182 Å². The zero-order valence-electron chi connectivity index (χ0n) is 18.7. The van der Waals surface area contributed by atoms with Crippen LogP contribution in [0.3, 0.4) is 0 Å². The van der Waals surface area contributed by atoms with E-state index in [-0.39, 0.29) is 5.04 Å². The van der Waals surface area contributed by atoms with Crippen molar-refractivity contribution in [1.82, 2.24) is 9.55 Å². The molecule has 2 rings (SSSR count). The van der Waals surface area contributed by atoms with Gasteiger partial charge in [0, 0.05) is 13.0 Å². The third-order valence-electron chi connectivity index (χ3n) is 5.88. The van der Waals surface area contributed by atoms with Crippen LogP contribution in [-0.2, 0) is 30.4 Å². The quantitative estimate of drug-likeness (QED) is 0.425. The van der Waals surface area contributed by atoms with Gasteiger partial charge in [0.25, 0.3) is 0 Å². The fourth-order valence-corrected chi connectivity index (χ4v) is 4.04. The molecule has 158 valence electrons. The van der Waals surface area contributed by atoms with Crippen LogP contribution in [0.25, 0.3) is 0 Å². The fourth-order valence-electron chi connectivity index (χ4n) is 2.86. The molecule has 2 aromatic rings. The fraction of sp³-hybridized carbons (Fsp3) is 0.565. The van der Waals surface area contributed by atoms with E-state index < -0.39 is 8.32 Å². The topological polar surface area (TPSA) is 50.8 Å². The summed E-state index contributed by atoms with van der Waals surface area (Å²) < 4.78 is 8.69. The van der Waals surface area contributed by atoms with E-state index in [1.807, 2.05) is 12.1 Å². The molecule has 0 spiro atoms. The zero-order valence-corrected chi connectivity index (χ0v) is 20.4. The molecule has 0 aliphatic rings. The molecule has 6 heteroatoms. The molecule has 0 bridgehead atoms. The highest BCUT2D eigenvalue weighted by Gasteiger charge is 2.37. The van der Waals surface area contributed by atoms with Crippen molar-refractivity contribution in [2.45, 2.75) is 84.7 Å². The lowest BCUT2D eigenvalue weighted by atomic mass is 10.1. The lowest BCUT2D eigenvalue weighted by Crippen LogP contribution is -2.40. The van der Waals surface area contributed by atoms with Crippen LogP contribution in [-0.4, -0.2) is 17.9 Å². The molecule has 0 amide bonds. The van der Waals surface area contributed by atoms with E-state index in [4.69, 9.17) is 21.3 Å². The summed E-state index contributed by atoms with van der Waals surface area (Å²) in [5.74, 6) is 1.02. The van der Waals surface area contributed by atoms with Gasteiger partial charge in [0.15, 0.2) is 13.5 Å². The first-order chi connectivity index (χ1) is 13.6. The summed E-state index contributed by atoms with van der Waals surface area (Å²) in [7, 11) is -1.89. The first kappa shape index (κ1) is 23.7. The average molecular weight is 432 g/mol. The first-order valence-corrected chi connectivity index (χ1v) is 13.7. The number of aryl methyl sites for hydroxylation is 1. The number of unbranched alkanes of at least 4 members (excludes halogenated alkanes) is 1. The molecule has 4 nitrogen and oxygen atoms in total. The van der Waals surface area contributed by atoms with Gasteiger partial charge < -0.3 is 8.99 Å². The number of imidazole rings is 1. The van der Waals surface area contributed by atoms with Crippen molar-refractivity contribution < 1.29 is 4.43 Å². The van der Waals surface area contributed by atoms with E-state index in [9.17, 15) is 0 Å². The van der Waals surface area contributed by atoms with Gasteiger partial charge in [-0.2, -0.15) is 5.26 Å². The second kappa shape index (κ2) is 9.93. The molecule has 0 aliphatic heterocycles. The van der Waals surface area contributed by atoms with Crippen molar-refractivity contribution >= 4 is 19.9 Å². The third-order valence-corrected chi connectivity index (χ3v) is 10.7. The minimum atomic E-state index is -1.89. The summed E-state index contributed by atoms with van der Waals surface area (Å²) >= 11 is 6.57. The number of nitriles is 1. The molecule has 0 unspecified atom stereocenters. The molecule has 1 aromatic heterocycles. The number of benzene rings is 1. The Bertz CT molecular complexity index is 845. The Morgan fingerprint density at radius 3 is 2.34 bits per heavy atom. The van der Waals surface area contributed by atoms with Gasteiger partial charge in [0.1, 0.15) is 5.82 Å². The molecule has 0 aliphatic carbocycles. The summed E-state index contributed by atoms with van der Waals surface area (Å²) in [5, 5.41) is 9.57. The van der Waals surface area contributed by atoms with Crippen molar-refractivity contribution in [3.05, 3.63) is 52.1 Å². The van der Waals surface area contributed by atoms with Crippen LogP contribution < -0.4 is 0 Å². The third kappa shape index (κ3) is 6.18. The number of rotatable bonds is 9. The molecule has 0 N–H and O–H groups in total. The lowest BCUT2D eigenvalue weighted by Gasteiger charge is -2.36. The SMILES string of the molecule is CCCCc1nc(Cl)c(CO[Si](C)(C)C(C)(C)C)n1Cc1ccc(CC#N)cc1. The maximum absolute atomic E-state index is 8.88. The summed E-state index contributed by atoms with van der Waals surface area (Å²) in [6.45, 7) is 14.6. The lowest BCUT2D eigenvalue weighted by molar-refractivity contribution is 0.267. The molecule has 0 saturated heterocycles. The number of halogens is 1. The predicted octanol–water partition coefficient (Wildman–Crippen LogP) is 6.52. The smallest absolute Gasteiger partial charge is 0.192 e. The highest BCUT2D eigenvalue weighted by atomic mass is 35.5. The molecule has 1 aromatic carbocycles. The summed E-state index contributed by atoms with van der Waals surface area (Å²) in [5.41, 5.74) is 3.17. The molecular formula is C23H34ClN3OSi. The number of aromatic nitrogens is 2. The van der Waals surface area contributed by atoms with E-state index in [1.165, 1.54) is 5.56 Å². The van der Waals surface area contributed by atoms with Gasteiger partial charge in [0.2, 0.25) is 0 Å². The second-order valence-corrected chi connectivity index (χ2v) is 14.3. The Hall–Kier alpha value is -1.61. The largest absolute Gasteiger partial charge is 0.411 e. The van der Waals surface area contributed by atoms with Crippen LogP contribution in [0.1, 0.15) is 63.2 Å². The minimum Gasteiger partial charge on any atom is -0.411 e. The molecular weight excluding hydrogens is 398 g/mol. The zero-order chi connectivity index (χ0) is 21.7. The minimum absolute atomic E-state index is 0.145. The van der Waals surface area contributed by atoms with Crippen LogP contribution in [0.4, 0.5) is 0 Å². The number of nitrogens with zero attached hydrogens (tertiary/aromatic N) is 3. The van der Waals surface area contributed by atoms with Gasteiger partial charge in [-0.05, 0) is 35.7 Å². The molecule has 0 fully saturated rings. The number of hydrogen-bond acceptors (Lipinski definition) is 3. The van der Waals surface area contributed by atoms with Gasteiger partial charge >= 0.3 is 0 Å². The van der Waals surface area contributed by atoms with Gasteiger partial charge in [-0.1, -0.05) is 70.0 Å². The second-order valence-electron chi connectivity index (χ2n) is 9.16. The molecule has 0 saturated carbocycles. The molecule has 0 radical (unpaired) electrons. The van der Waals surface area contributed by atoms with E-state index in [0.717, 1.165) is 36.3 Å². The molecule has 0 atom stereocenters. The standard InChI is InChI=1S/C23H34ClN3OSi/c1-7-8-9-21-26-22(24)20(17-28-29(5,6)23(2,3)4)27(21)16-19-12-10-18(11-13-19)14-15-25/h10-13H,7-9,14,16-17H2,1-6H3. The van der Waals surface area contributed by atoms with E-state index in [2.05, 4.69) is 68.5 Å². The van der Waals surface area contributed by atoms with Gasteiger partial charge in [-0.15, -0.1) is 0 Å². The van der Waals surface area contributed by atoms with Gasteiger partial charge in [0.05, 0.1) is 24.8 Å². The van der Waals surface area contributed by atoms with E-state index >= 15 is 0 Å². The maximum Gasteiger partial charge on any atom is 0.192 e. The van der Waals surface area contributed by atoms with Crippen molar-refractivity contribution in [3.63, 3.8) is 0 Å². The van der Waals surface area contributed by atoms with Crippen molar-refractivity contribution in [2.24, 2.45) is 0 Å². The molecule has 1 heterocycles. The van der Waals surface area contributed by atoms with Crippen LogP contribution in [0.15, 0.2) is 24.3 Å². The van der Waals surface area contributed by atoms with Crippen LogP contribution in [0.2, 0.25) is 23.3 Å². The highest BCUT2D eigenvalue weighted by Crippen LogP contribution is 2.37. The van der Waals surface area contributed by atoms with Crippen LogP contribution >= 0.6 is 11.6 Å². The first-order valence-electron chi connectivity index (χ1n) is 10.4. The van der Waals surface area contributed by atoms with Gasteiger partial charge in [-0.25, -0.2) is 4.98 Å². The highest BCUT2D eigenvalue weighted by molar-refractivity contribution is 6.74. The van der Waals surface area contributed by atoms with Crippen molar-refractivity contribution in [2.75, 3.05) is 0 Å². The summed E-state index contributed by atoms with van der Waals surface area (Å²) in [4.78, 5) is 4.67. The van der Waals surface area contributed by atoms with E-state index in [1.54, 1.807) is 0 Å². The van der Waals surface area contributed by atoms with Crippen LogP contribution in [0.5, 0.6) is 0 Å². The average Bonchev–Trinajstić information content (AvgIpc) is 2.94. The predicted molar refractivity (Wildman–Crippen MR) is 123 cm³/mol. The Kier molecular flexibility index (Phi) is 8.10. The number of hydrogen-bond donors (Lipinski definition) is 0. The Balaban J connectivity index is 2.31. The Morgan fingerprint density at radius 2 is 1.79 bits per heavy atom. The summed E-state index contributed by atoms with van der Waals surface area (Å²) in [6, 6.07) is 10.4. The Morgan fingerprint density at radius 1 is 1.17 bits per heavy atom. The normalized spacial score (nSPS) is 12.2. The van der Waals surface area contributed by atoms with Crippen LogP contribution in [0, 0.1) is 11.3 Å².